The Morgan fingerprint density at radius 3 is 1.54 bits per heavy atom. The Morgan fingerprint density at radius 2 is 0.988 bits per heavy atom. The van der Waals surface area contributed by atoms with E-state index in [1.54, 1.807) is 6.08 Å². The molecular formula is C60H112N2O20. The summed E-state index contributed by atoms with van der Waals surface area (Å²) in [7, 11) is 0. The number of unbranched alkanes of at least 4 members (excludes halogenated alkanes) is 23. The number of hydrogen-bond acceptors (Lipinski definition) is 21. The molecule has 0 aromatic heterocycles. The highest BCUT2D eigenvalue weighted by molar-refractivity contribution is 5.76. The second-order valence-corrected chi connectivity index (χ2v) is 23.6. The summed E-state index contributed by atoms with van der Waals surface area (Å²) >= 11 is 0. The molecule has 4 aliphatic rings. The Labute approximate surface area is 488 Å². The Morgan fingerprint density at radius 1 is 0.512 bits per heavy atom. The molecule has 0 radical (unpaired) electrons. The van der Waals surface area contributed by atoms with Gasteiger partial charge in [0.25, 0.3) is 0 Å². The van der Waals surface area contributed by atoms with E-state index < -0.39 is 148 Å². The Kier molecular flexibility index (Phi) is 36.3. The fraction of sp³-hybridized carbons (Fsp3) is 0.950. The first-order chi connectivity index (χ1) is 39.5. The number of carbonyl (C=O) groups excluding carboxylic acids is 1. The van der Waals surface area contributed by atoms with E-state index in [1.165, 1.54) is 123 Å². The van der Waals surface area contributed by atoms with E-state index in [-0.39, 0.29) is 32.0 Å². The van der Waals surface area contributed by atoms with E-state index in [1.807, 2.05) is 6.08 Å². The molecule has 0 aromatic carbocycles. The molecule has 22 nitrogen and oxygen atoms in total. The van der Waals surface area contributed by atoms with Gasteiger partial charge in [-0.25, -0.2) is 0 Å². The first-order valence-electron chi connectivity index (χ1n) is 31.7. The van der Waals surface area contributed by atoms with Gasteiger partial charge >= 0.3 is 0 Å². The second kappa shape index (κ2) is 40.8. The zero-order chi connectivity index (χ0) is 60.0. The minimum atomic E-state index is -1.89. The summed E-state index contributed by atoms with van der Waals surface area (Å²) in [6, 6.07) is -2.27. The number of aliphatic hydroxyl groups excluding tert-OH is 11. The van der Waals surface area contributed by atoms with E-state index in [2.05, 4.69) is 19.2 Å². The molecule has 22 atom stereocenters. The minimum absolute atomic E-state index is 0.0566. The number of rotatable bonds is 42. The molecule has 0 aliphatic carbocycles. The Bertz CT molecular complexity index is 1680. The number of nitrogens with one attached hydrogen (secondary N) is 1. The molecule has 0 bridgehead atoms. The lowest BCUT2D eigenvalue weighted by Crippen LogP contribution is -2.68. The number of amides is 1. The highest BCUT2D eigenvalue weighted by Crippen LogP contribution is 2.35. The van der Waals surface area contributed by atoms with Crippen molar-refractivity contribution >= 4 is 5.91 Å². The van der Waals surface area contributed by atoms with Crippen LogP contribution in [0.15, 0.2) is 12.2 Å². The van der Waals surface area contributed by atoms with Crippen LogP contribution in [0.25, 0.3) is 0 Å². The summed E-state index contributed by atoms with van der Waals surface area (Å²) in [6.45, 7) is 5.27. The molecule has 4 fully saturated rings. The van der Waals surface area contributed by atoms with Crippen LogP contribution in [0.2, 0.25) is 0 Å². The lowest BCUT2D eigenvalue weighted by molar-refractivity contribution is -0.383. The summed E-state index contributed by atoms with van der Waals surface area (Å²) in [5, 5.41) is 122. The average molecular weight is 1180 g/mol. The maximum absolute atomic E-state index is 13.6. The third kappa shape index (κ3) is 24.2. The van der Waals surface area contributed by atoms with Crippen LogP contribution in [-0.2, 0) is 42.7 Å². The quantitative estimate of drug-likeness (QED) is 0.0308. The zero-order valence-electron chi connectivity index (χ0n) is 49.9. The summed E-state index contributed by atoms with van der Waals surface area (Å²) in [4.78, 5) is 13.6. The Hall–Kier alpha value is -1.59. The number of ether oxygens (including phenoxy) is 8. The molecule has 14 N–H and O–H groups in total. The molecule has 0 aromatic rings. The van der Waals surface area contributed by atoms with Gasteiger partial charge in [0.1, 0.15) is 79.4 Å². The van der Waals surface area contributed by atoms with Crippen molar-refractivity contribution < 1.29 is 98.9 Å². The third-order valence-corrected chi connectivity index (χ3v) is 16.8. The molecule has 0 saturated carbocycles. The van der Waals surface area contributed by atoms with Crippen LogP contribution >= 0.6 is 0 Å². The van der Waals surface area contributed by atoms with Gasteiger partial charge in [-0.1, -0.05) is 167 Å². The van der Waals surface area contributed by atoms with Crippen molar-refractivity contribution in [2.45, 2.75) is 336 Å². The van der Waals surface area contributed by atoms with Gasteiger partial charge < -0.3 is 105 Å². The third-order valence-electron chi connectivity index (χ3n) is 16.8. The largest absolute Gasteiger partial charge is 0.394 e. The van der Waals surface area contributed by atoms with Crippen molar-refractivity contribution in [1.29, 1.82) is 0 Å². The van der Waals surface area contributed by atoms with Gasteiger partial charge in [-0.15, -0.1) is 0 Å². The Balaban J connectivity index is 1.49. The standard InChI is InChI=1S/C60H112N2O20/c1-5-7-9-11-13-15-17-19-21-23-25-27-29-31-41(65)40(62-45(66)32-30-28-26-24-22-20-18-16-14-12-10-8-6-2)37-76-58-46(61)56(75-34-33-42-49(69)51(71)47(67)38(3)77-42)55(44(36-64)80-58)81-60-57(53(73)50(70)43(35-63)79-60)82-59-54(74)52(72)48(68)39(4)78-59/h29,31,38-44,46-60,63-65,67-74H,5-28,30,32-37,61H2,1-4H3,(H,62,66)/b31-29+/t38?,39?,40?,41?,42-,43?,44?,46?,47?,48+,49?,50-,51-,52?,53?,54?,55+,56?,57?,58+,59-,60-/m0/s1. The van der Waals surface area contributed by atoms with Crippen LogP contribution in [0.3, 0.4) is 0 Å². The van der Waals surface area contributed by atoms with Crippen LogP contribution in [0, 0.1) is 0 Å². The van der Waals surface area contributed by atoms with Gasteiger partial charge in [-0.3, -0.25) is 4.79 Å². The molecule has 82 heavy (non-hydrogen) atoms. The number of hydrogen-bond donors (Lipinski definition) is 13. The van der Waals surface area contributed by atoms with Crippen LogP contribution in [-0.4, -0.2) is 223 Å². The topological polar surface area (TPSA) is 351 Å². The number of carbonyl (C=O) groups is 1. The van der Waals surface area contributed by atoms with Gasteiger partial charge in [-0.05, 0) is 39.5 Å². The normalized spacial score (nSPS) is 35.3. The molecular weight excluding hydrogens is 1070 g/mol. The van der Waals surface area contributed by atoms with Crippen molar-refractivity contribution in [2.75, 3.05) is 26.4 Å². The predicted molar refractivity (Wildman–Crippen MR) is 305 cm³/mol. The summed E-state index contributed by atoms with van der Waals surface area (Å²) < 4.78 is 48.8. The molecule has 1 amide bonds. The van der Waals surface area contributed by atoms with E-state index in [4.69, 9.17) is 43.6 Å². The van der Waals surface area contributed by atoms with E-state index in [0.29, 0.717) is 6.42 Å². The van der Waals surface area contributed by atoms with Gasteiger partial charge in [-0.2, -0.15) is 0 Å². The molecule has 22 heteroatoms. The number of nitrogens with two attached hydrogens (primary N) is 1. The lowest BCUT2D eigenvalue weighted by atomic mass is 9.94. The van der Waals surface area contributed by atoms with Crippen LogP contribution in [0.4, 0.5) is 0 Å². The molecule has 4 aliphatic heterocycles. The molecule has 482 valence electrons. The van der Waals surface area contributed by atoms with Crippen molar-refractivity contribution in [3.05, 3.63) is 12.2 Å². The number of allylic oxidation sites excluding steroid dienone is 1. The minimum Gasteiger partial charge on any atom is -0.394 e. The smallest absolute Gasteiger partial charge is 0.220 e. The summed E-state index contributed by atoms with van der Waals surface area (Å²) in [5.74, 6) is -0.269. The van der Waals surface area contributed by atoms with Gasteiger partial charge in [0.2, 0.25) is 5.91 Å². The van der Waals surface area contributed by atoms with Crippen molar-refractivity contribution in [2.24, 2.45) is 5.73 Å². The highest BCUT2D eigenvalue weighted by Gasteiger charge is 2.54. The SMILES string of the molecule is CCCCCCCCCCCCC/C=C/C(O)C(CO[C@@H]1OC(CO)[C@@H](O[C@@H]2OC(CO)[C@H](O)C(O)C2O[C@@H]2OC(C)[C@@H](O)C(O)C2O)C(OCC[C@@H]2OC(C)C(O)[C@H](O)C2O)C1N)NC(=O)CCCCCCCCCCCCCCC. The van der Waals surface area contributed by atoms with Gasteiger partial charge in [0.15, 0.2) is 18.9 Å². The number of aliphatic hydroxyl groups is 11. The fourth-order valence-electron chi connectivity index (χ4n) is 11.3. The molecule has 4 saturated heterocycles. The van der Waals surface area contributed by atoms with E-state index in [0.717, 1.165) is 44.9 Å². The van der Waals surface area contributed by atoms with Gasteiger partial charge in [0.05, 0.1) is 56.3 Å². The maximum Gasteiger partial charge on any atom is 0.220 e. The van der Waals surface area contributed by atoms with Crippen molar-refractivity contribution in [3.63, 3.8) is 0 Å². The average Bonchev–Trinajstić information content (AvgIpc) is 3.46. The van der Waals surface area contributed by atoms with Gasteiger partial charge in [0, 0.05) is 13.0 Å². The first kappa shape index (κ1) is 72.9. The first-order valence-corrected chi connectivity index (χ1v) is 31.7. The van der Waals surface area contributed by atoms with Crippen molar-refractivity contribution in [3.8, 4) is 0 Å². The lowest BCUT2D eigenvalue weighted by Gasteiger charge is -2.49. The van der Waals surface area contributed by atoms with E-state index >= 15 is 0 Å². The van der Waals surface area contributed by atoms with Crippen LogP contribution < -0.4 is 11.1 Å². The second-order valence-electron chi connectivity index (χ2n) is 23.6. The molecule has 4 rings (SSSR count). The zero-order valence-corrected chi connectivity index (χ0v) is 49.9. The van der Waals surface area contributed by atoms with E-state index in [9.17, 15) is 61.0 Å². The molecule has 14 unspecified atom stereocenters. The molecule has 0 spiro atoms. The summed E-state index contributed by atoms with van der Waals surface area (Å²) in [5.41, 5.74) is 6.95. The van der Waals surface area contributed by atoms with Crippen molar-refractivity contribution in [1.82, 2.24) is 5.32 Å². The van der Waals surface area contributed by atoms with Crippen LogP contribution in [0.1, 0.15) is 201 Å². The predicted octanol–water partition coefficient (Wildman–Crippen LogP) is 3.31. The maximum atomic E-state index is 13.6. The summed E-state index contributed by atoms with van der Waals surface area (Å²) in [6.07, 6.45) is 3.33. The fourth-order valence-corrected chi connectivity index (χ4v) is 11.3. The monoisotopic (exact) mass is 1180 g/mol. The molecule has 4 heterocycles. The highest BCUT2D eigenvalue weighted by atomic mass is 16.8. The van der Waals surface area contributed by atoms with Crippen LogP contribution in [0.5, 0.6) is 0 Å².